The summed E-state index contributed by atoms with van der Waals surface area (Å²) in [5.41, 5.74) is 0. The summed E-state index contributed by atoms with van der Waals surface area (Å²) in [6.07, 6.45) is 54.1. The maximum atomic E-state index is 12.1. The molecule has 0 aromatic rings. The monoisotopic (exact) mass is 884 g/mol. The van der Waals surface area contributed by atoms with E-state index in [0.29, 0.717) is 6.42 Å². The van der Waals surface area contributed by atoms with E-state index in [1.54, 1.807) is 0 Å². The number of aliphatic hydroxyl groups is 1. The molecular weight excluding hydrogens is 786 g/mol. The third kappa shape index (κ3) is 49.4. The molecule has 3 N–H and O–H groups in total. The molecule has 0 aromatic carbocycles. The third-order valence-corrected chi connectivity index (χ3v) is 12.4. The number of phosphoric acid groups is 1. The number of phosphoric ester groups is 1. The van der Waals surface area contributed by atoms with Crippen LogP contribution in [0.4, 0.5) is 0 Å². The van der Waals surface area contributed by atoms with E-state index in [-0.39, 0.29) is 32.1 Å². The average molecular weight is 884 g/mol. The zero-order chi connectivity index (χ0) is 44.6. The van der Waals surface area contributed by atoms with Crippen molar-refractivity contribution in [3.05, 3.63) is 24.3 Å². The van der Waals surface area contributed by atoms with E-state index in [4.69, 9.17) is 13.8 Å². The molecule has 0 bridgehead atoms. The first-order valence-electron chi connectivity index (χ1n) is 25.8. The van der Waals surface area contributed by atoms with Gasteiger partial charge >= 0.3 is 13.8 Å². The molecule has 0 fully saturated rings. The first kappa shape index (κ1) is 59.5. The molecular formula is C51H98NO8P. The van der Waals surface area contributed by atoms with Crippen molar-refractivity contribution < 1.29 is 37.9 Å². The summed E-state index contributed by atoms with van der Waals surface area (Å²) < 4.78 is 27.0. The molecule has 0 aromatic heterocycles. The van der Waals surface area contributed by atoms with Gasteiger partial charge in [-0.3, -0.25) is 18.6 Å². The highest BCUT2D eigenvalue weighted by atomic mass is 31.2. The molecule has 10 heteroatoms. The summed E-state index contributed by atoms with van der Waals surface area (Å²) in [6, 6.07) is 0. The number of hydrogen-bond acceptors (Lipinski definition) is 7. The van der Waals surface area contributed by atoms with Gasteiger partial charge in [0.2, 0.25) is 5.91 Å². The Morgan fingerprint density at radius 1 is 0.508 bits per heavy atom. The van der Waals surface area contributed by atoms with Gasteiger partial charge in [-0.2, -0.15) is 0 Å². The van der Waals surface area contributed by atoms with Crippen molar-refractivity contribution in [3.63, 3.8) is 0 Å². The fourth-order valence-corrected chi connectivity index (χ4v) is 8.23. The van der Waals surface area contributed by atoms with Gasteiger partial charge in [0, 0.05) is 19.4 Å². The normalized spacial score (nSPS) is 13.3. The Labute approximate surface area is 376 Å². The molecule has 0 aliphatic carbocycles. The molecule has 9 nitrogen and oxygen atoms in total. The van der Waals surface area contributed by atoms with Crippen molar-refractivity contribution in [2.75, 3.05) is 26.4 Å². The Balaban J connectivity index is 3.52. The Morgan fingerprint density at radius 2 is 0.885 bits per heavy atom. The predicted octanol–water partition coefficient (Wildman–Crippen LogP) is 15.1. The van der Waals surface area contributed by atoms with Gasteiger partial charge in [-0.25, -0.2) is 4.57 Å². The number of amides is 1. The average Bonchev–Trinajstić information content (AvgIpc) is 3.25. The van der Waals surface area contributed by atoms with E-state index in [0.717, 1.165) is 57.8 Å². The molecule has 0 aliphatic rings. The zero-order valence-electron chi connectivity index (χ0n) is 39.9. The van der Waals surface area contributed by atoms with Gasteiger partial charge in [0.25, 0.3) is 0 Å². The second kappa shape index (κ2) is 48.0. The smallest absolute Gasteiger partial charge is 0.463 e. The molecule has 2 atom stereocenters. The number of ether oxygens (including phenoxy) is 1. The van der Waals surface area contributed by atoms with Gasteiger partial charge in [-0.15, -0.1) is 0 Å². The van der Waals surface area contributed by atoms with E-state index in [2.05, 4.69) is 43.5 Å². The lowest BCUT2D eigenvalue weighted by atomic mass is 10.0. The number of hydrogen-bond donors (Lipinski definition) is 3. The molecule has 0 spiro atoms. The molecule has 0 radical (unpaired) electrons. The summed E-state index contributed by atoms with van der Waals surface area (Å²) in [7, 11) is -4.42. The van der Waals surface area contributed by atoms with Gasteiger partial charge in [0.1, 0.15) is 12.7 Å². The van der Waals surface area contributed by atoms with Gasteiger partial charge in [0.15, 0.2) is 0 Å². The lowest BCUT2D eigenvalue weighted by Crippen LogP contribution is -2.27. The standard InChI is InChI=1S/C51H98NO8P/c1-3-5-7-9-11-13-15-17-19-21-22-23-24-25-26-28-29-31-33-35-37-39-41-43-50(54)52-45-46-59-61(56,57)60-48-49(53)47-58-51(55)44-42-40-38-36-34-32-30-27-20-18-16-14-12-10-8-6-4-2/h12,14,18,20,49,53H,3-11,13,15-17,19,21-48H2,1-2H3,(H,52,54)(H,56,57)/b14-12-,20-18-. The van der Waals surface area contributed by atoms with Gasteiger partial charge in [0.05, 0.1) is 13.2 Å². The Bertz CT molecular complexity index is 1050. The number of aliphatic hydroxyl groups excluding tert-OH is 1. The van der Waals surface area contributed by atoms with Gasteiger partial charge in [-0.1, -0.05) is 224 Å². The van der Waals surface area contributed by atoms with Crippen LogP contribution in [0.2, 0.25) is 0 Å². The number of unbranched alkanes of at least 4 members (excludes halogenated alkanes) is 32. The molecule has 0 rings (SSSR count). The molecule has 0 heterocycles. The van der Waals surface area contributed by atoms with Crippen molar-refractivity contribution >= 4 is 19.7 Å². The lowest BCUT2D eigenvalue weighted by molar-refractivity contribution is -0.147. The first-order chi connectivity index (χ1) is 29.8. The number of carbonyl (C=O) groups is 2. The topological polar surface area (TPSA) is 131 Å². The zero-order valence-corrected chi connectivity index (χ0v) is 40.8. The minimum atomic E-state index is -4.42. The van der Waals surface area contributed by atoms with Crippen LogP contribution < -0.4 is 5.32 Å². The van der Waals surface area contributed by atoms with E-state index in [1.807, 2.05) is 0 Å². The highest BCUT2D eigenvalue weighted by molar-refractivity contribution is 7.47. The Morgan fingerprint density at radius 3 is 1.34 bits per heavy atom. The van der Waals surface area contributed by atoms with Crippen LogP contribution in [0.25, 0.3) is 0 Å². The highest BCUT2D eigenvalue weighted by Gasteiger charge is 2.23. The van der Waals surface area contributed by atoms with Gasteiger partial charge in [-0.05, 0) is 44.9 Å². The molecule has 360 valence electrons. The van der Waals surface area contributed by atoms with Crippen LogP contribution in [0.1, 0.15) is 258 Å². The quantitative estimate of drug-likeness (QED) is 0.0238. The lowest BCUT2D eigenvalue weighted by Gasteiger charge is -2.15. The molecule has 0 saturated heterocycles. The Hall–Kier alpha value is -1.51. The van der Waals surface area contributed by atoms with Crippen LogP contribution in [0.15, 0.2) is 24.3 Å². The van der Waals surface area contributed by atoms with E-state index < -0.39 is 26.5 Å². The van der Waals surface area contributed by atoms with Crippen molar-refractivity contribution in [2.24, 2.45) is 0 Å². The minimum Gasteiger partial charge on any atom is -0.463 e. The van der Waals surface area contributed by atoms with Crippen LogP contribution in [0, 0.1) is 0 Å². The Kier molecular flexibility index (Phi) is 46.8. The van der Waals surface area contributed by atoms with Crippen molar-refractivity contribution in [3.8, 4) is 0 Å². The van der Waals surface area contributed by atoms with Crippen LogP contribution in [0.5, 0.6) is 0 Å². The largest absolute Gasteiger partial charge is 0.472 e. The minimum absolute atomic E-state index is 0.0848. The van der Waals surface area contributed by atoms with Crippen molar-refractivity contribution in [1.29, 1.82) is 0 Å². The van der Waals surface area contributed by atoms with Crippen LogP contribution in [0.3, 0.4) is 0 Å². The van der Waals surface area contributed by atoms with Crippen molar-refractivity contribution in [1.82, 2.24) is 5.32 Å². The number of nitrogens with one attached hydrogen (secondary N) is 1. The predicted molar refractivity (Wildman–Crippen MR) is 257 cm³/mol. The van der Waals surface area contributed by atoms with Crippen LogP contribution in [-0.2, 0) is 27.9 Å². The summed E-state index contributed by atoms with van der Waals surface area (Å²) in [5, 5.41) is 12.7. The second-order valence-electron chi connectivity index (χ2n) is 17.5. The molecule has 0 aliphatic heterocycles. The van der Waals surface area contributed by atoms with Gasteiger partial charge < -0.3 is 20.1 Å². The van der Waals surface area contributed by atoms with E-state index >= 15 is 0 Å². The second-order valence-corrected chi connectivity index (χ2v) is 19.0. The highest BCUT2D eigenvalue weighted by Crippen LogP contribution is 2.42. The van der Waals surface area contributed by atoms with E-state index in [9.17, 15) is 24.2 Å². The third-order valence-electron chi connectivity index (χ3n) is 11.4. The SMILES string of the molecule is CCCCC/C=C\C/C=C\CCCCCCCCCC(=O)OCC(O)COP(=O)(O)OCCNC(=O)CCCCCCCCCCCCCCCCCCCCCCCCC. The van der Waals surface area contributed by atoms with Crippen molar-refractivity contribution in [2.45, 2.75) is 264 Å². The summed E-state index contributed by atoms with van der Waals surface area (Å²) in [5.74, 6) is -0.513. The summed E-state index contributed by atoms with van der Waals surface area (Å²) in [4.78, 5) is 34.1. The van der Waals surface area contributed by atoms with E-state index in [1.165, 1.54) is 173 Å². The maximum absolute atomic E-state index is 12.1. The fraction of sp³-hybridized carbons (Fsp3) is 0.882. The number of rotatable bonds is 49. The van der Waals surface area contributed by atoms with Crippen LogP contribution in [-0.4, -0.2) is 54.3 Å². The number of allylic oxidation sites excluding steroid dienone is 4. The molecule has 0 saturated carbocycles. The first-order valence-corrected chi connectivity index (χ1v) is 27.3. The van der Waals surface area contributed by atoms with Crippen LogP contribution >= 0.6 is 7.82 Å². The summed E-state index contributed by atoms with van der Waals surface area (Å²) in [6.45, 7) is 3.57. The number of esters is 1. The number of carbonyl (C=O) groups excluding carboxylic acids is 2. The fourth-order valence-electron chi connectivity index (χ4n) is 7.47. The summed E-state index contributed by atoms with van der Waals surface area (Å²) >= 11 is 0. The maximum Gasteiger partial charge on any atom is 0.472 e. The molecule has 61 heavy (non-hydrogen) atoms. The molecule has 1 amide bonds. The molecule has 2 unspecified atom stereocenters.